The Kier molecular flexibility index (Phi) is 4.21. The zero-order valence-electron chi connectivity index (χ0n) is 10.8. The number of aromatic nitrogens is 3. The Bertz CT molecular complexity index is 567. The van der Waals surface area contributed by atoms with Crippen LogP contribution in [0.1, 0.15) is 25.6 Å². The maximum Gasteiger partial charge on any atom is 0.313 e. The number of carboxylic acids is 1. The second-order valence-electron chi connectivity index (χ2n) is 4.35. The van der Waals surface area contributed by atoms with Gasteiger partial charge in [0.2, 0.25) is 0 Å². The van der Waals surface area contributed by atoms with E-state index >= 15 is 0 Å². The van der Waals surface area contributed by atoms with Gasteiger partial charge < -0.3 is 5.11 Å². The van der Waals surface area contributed by atoms with E-state index < -0.39 is 5.97 Å². The first-order chi connectivity index (χ1) is 9.09. The Morgan fingerprint density at radius 1 is 1.32 bits per heavy atom. The molecular formula is C13H15N3O2S. The molecule has 0 saturated heterocycles. The second-order valence-corrected chi connectivity index (χ2v) is 5.29. The van der Waals surface area contributed by atoms with E-state index in [-0.39, 0.29) is 11.7 Å². The summed E-state index contributed by atoms with van der Waals surface area (Å²) < 4.78 is 1.91. The van der Waals surface area contributed by atoms with Crippen molar-refractivity contribution in [2.75, 3.05) is 5.75 Å². The SMILES string of the molecule is CC(C)c1nnc(SCC(=O)O)n1-c1ccccc1. The fraction of sp³-hybridized carbons (Fsp3) is 0.308. The molecule has 2 rings (SSSR count). The van der Waals surface area contributed by atoms with Crippen LogP contribution in [-0.2, 0) is 4.79 Å². The Hall–Kier alpha value is -1.82. The lowest BCUT2D eigenvalue weighted by atomic mass is 10.2. The van der Waals surface area contributed by atoms with Crippen molar-refractivity contribution < 1.29 is 9.90 Å². The molecule has 0 unspecified atom stereocenters. The smallest absolute Gasteiger partial charge is 0.313 e. The van der Waals surface area contributed by atoms with Gasteiger partial charge in [0, 0.05) is 11.6 Å². The minimum Gasteiger partial charge on any atom is -0.481 e. The molecule has 0 bridgehead atoms. The van der Waals surface area contributed by atoms with Crippen molar-refractivity contribution in [1.29, 1.82) is 0 Å². The van der Waals surface area contributed by atoms with Gasteiger partial charge in [-0.15, -0.1) is 10.2 Å². The molecule has 5 nitrogen and oxygen atoms in total. The Labute approximate surface area is 115 Å². The summed E-state index contributed by atoms with van der Waals surface area (Å²) in [6, 6.07) is 9.73. The zero-order valence-corrected chi connectivity index (χ0v) is 11.6. The quantitative estimate of drug-likeness (QED) is 0.851. The highest BCUT2D eigenvalue weighted by Crippen LogP contribution is 2.25. The fourth-order valence-corrected chi connectivity index (χ4v) is 2.37. The number of carboxylic acid groups (broad SMARTS) is 1. The molecule has 0 aliphatic heterocycles. The maximum absolute atomic E-state index is 10.7. The molecule has 6 heteroatoms. The first-order valence-electron chi connectivity index (χ1n) is 5.95. The third-order valence-corrected chi connectivity index (χ3v) is 3.43. The molecule has 19 heavy (non-hydrogen) atoms. The van der Waals surface area contributed by atoms with Crippen LogP contribution in [0.2, 0.25) is 0 Å². The van der Waals surface area contributed by atoms with Gasteiger partial charge in [0.15, 0.2) is 5.16 Å². The molecule has 0 aliphatic carbocycles. The third-order valence-electron chi connectivity index (χ3n) is 2.51. The summed E-state index contributed by atoms with van der Waals surface area (Å²) in [5.74, 6) is 0.160. The van der Waals surface area contributed by atoms with Crippen molar-refractivity contribution in [2.45, 2.75) is 24.9 Å². The van der Waals surface area contributed by atoms with Gasteiger partial charge in [-0.2, -0.15) is 0 Å². The van der Waals surface area contributed by atoms with E-state index in [0.29, 0.717) is 5.16 Å². The summed E-state index contributed by atoms with van der Waals surface area (Å²) in [4.78, 5) is 10.7. The van der Waals surface area contributed by atoms with Crippen molar-refractivity contribution >= 4 is 17.7 Å². The monoisotopic (exact) mass is 277 g/mol. The van der Waals surface area contributed by atoms with Crippen molar-refractivity contribution in [1.82, 2.24) is 14.8 Å². The molecule has 1 aromatic heterocycles. The van der Waals surface area contributed by atoms with E-state index in [1.54, 1.807) is 0 Å². The first kappa shape index (κ1) is 13.6. The summed E-state index contributed by atoms with van der Waals surface area (Å²) >= 11 is 1.18. The van der Waals surface area contributed by atoms with Gasteiger partial charge in [-0.1, -0.05) is 43.8 Å². The molecule has 1 aromatic carbocycles. The van der Waals surface area contributed by atoms with Crippen LogP contribution in [0.15, 0.2) is 35.5 Å². The normalized spacial score (nSPS) is 10.9. The highest BCUT2D eigenvalue weighted by Gasteiger charge is 2.17. The molecule has 0 atom stereocenters. The first-order valence-corrected chi connectivity index (χ1v) is 6.93. The van der Waals surface area contributed by atoms with Gasteiger partial charge in [-0.05, 0) is 12.1 Å². The number of hydrogen-bond acceptors (Lipinski definition) is 4. The van der Waals surface area contributed by atoms with E-state index in [4.69, 9.17) is 5.11 Å². The average Bonchev–Trinajstić information content (AvgIpc) is 2.81. The van der Waals surface area contributed by atoms with Crippen LogP contribution in [0.3, 0.4) is 0 Å². The highest BCUT2D eigenvalue weighted by atomic mass is 32.2. The molecule has 0 saturated carbocycles. The molecule has 0 radical (unpaired) electrons. The summed E-state index contributed by atoms with van der Waals surface area (Å²) in [6.07, 6.45) is 0. The van der Waals surface area contributed by atoms with E-state index in [2.05, 4.69) is 10.2 Å². The Morgan fingerprint density at radius 2 is 2.00 bits per heavy atom. The molecule has 1 heterocycles. The largest absolute Gasteiger partial charge is 0.481 e. The van der Waals surface area contributed by atoms with Crippen LogP contribution >= 0.6 is 11.8 Å². The predicted octanol–water partition coefficient (Wildman–Crippen LogP) is 2.57. The number of carbonyl (C=O) groups is 1. The van der Waals surface area contributed by atoms with Gasteiger partial charge in [-0.25, -0.2) is 0 Å². The van der Waals surface area contributed by atoms with Crippen molar-refractivity contribution in [2.24, 2.45) is 0 Å². The molecule has 0 spiro atoms. The van der Waals surface area contributed by atoms with Crippen LogP contribution in [-0.4, -0.2) is 31.6 Å². The number of hydrogen-bond donors (Lipinski definition) is 1. The van der Waals surface area contributed by atoms with E-state index in [9.17, 15) is 4.79 Å². The summed E-state index contributed by atoms with van der Waals surface area (Å²) in [7, 11) is 0. The molecule has 100 valence electrons. The minimum atomic E-state index is -0.862. The molecule has 0 fully saturated rings. The topological polar surface area (TPSA) is 68.0 Å². The van der Waals surface area contributed by atoms with Crippen LogP contribution in [0.4, 0.5) is 0 Å². The van der Waals surface area contributed by atoms with E-state index in [1.165, 1.54) is 11.8 Å². The van der Waals surface area contributed by atoms with Gasteiger partial charge in [0.05, 0.1) is 5.75 Å². The average molecular weight is 277 g/mol. The van der Waals surface area contributed by atoms with Crippen LogP contribution in [0, 0.1) is 0 Å². The third kappa shape index (κ3) is 3.14. The van der Waals surface area contributed by atoms with Gasteiger partial charge in [-0.3, -0.25) is 9.36 Å². The molecular weight excluding hydrogens is 262 g/mol. The van der Waals surface area contributed by atoms with Crippen LogP contribution in [0.25, 0.3) is 5.69 Å². The molecule has 2 aromatic rings. The number of benzene rings is 1. The van der Waals surface area contributed by atoms with E-state index in [0.717, 1.165) is 11.5 Å². The van der Waals surface area contributed by atoms with Crippen LogP contribution < -0.4 is 0 Å². The number of rotatable bonds is 5. The van der Waals surface area contributed by atoms with Crippen LogP contribution in [0.5, 0.6) is 0 Å². The van der Waals surface area contributed by atoms with Crippen molar-refractivity contribution in [3.8, 4) is 5.69 Å². The van der Waals surface area contributed by atoms with E-state index in [1.807, 2.05) is 48.7 Å². The molecule has 0 amide bonds. The number of thioether (sulfide) groups is 1. The van der Waals surface area contributed by atoms with Gasteiger partial charge >= 0.3 is 5.97 Å². The lowest BCUT2D eigenvalue weighted by Gasteiger charge is -2.11. The zero-order chi connectivity index (χ0) is 13.8. The maximum atomic E-state index is 10.7. The fourth-order valence-electron chi connectivity index (χ4n) is 1.69. The standard InChI is InChI=1S/C13H15N3O2S/c1-9(2)12-14-15-13(19-8-11(17)18)16(12)10-6-4-3-5-7-10/h3-7,9H,8H2,1-2H3,(H,17,18). The summed E-state index contributed by atoms with van der Waals surface area (Å²) in [5.41, 5.74) is 0.948. The number of aliphatic carboxylic acids is 1. The number of nitrogens with zero attached hydrogens (tertiary/aromatic N) is 3. The molecule has 0 aliphatic rings. The molecule has 1 N–H and O–H groups in total. The second kappa shape index (κ2) is 5.88. The summed E-state index contributed by atoms with van der Waals surface area (Å²) in [5, 5.41) is 17.7. The lowest BCUT2D eigenvalue weighted by molar-refractivity contribution is -0.133. The van der Waals surface area contributed by atoms with Crippen molar-refractivity contribution in [3.05, 3.63) is 36.2 Å². The lowest BCUT2D eigenvalue weighted by Crippen LogP contribution is -2.05. The van der Waals surface area contributed by atoms with Gasteiger partial charge in [0.1, 0.15) is 5.82 Å². The minimum absolute atomic E-state index is 0.0247. The van der Waals surface area contributed by atoms with Gasteiger partial charge in [0.25, 0.3) is 0 Å². The Morgan fingerprint density at radius 3 is 2.58 bits per heavy atom. The van der Waals surface area contributed by atoms with Crippen molar-refractivity contribution in [3.63, 3.8) is 0 Å². The summed E-state index contributed by atoms with van der Waals surface area (Å²) in [6.45, 7) is 4.07. The Balaban J connectivity index is 2.42. The predicted molar refractivity (Wildman–Crippen MR) is 73.8 cm³/mol. The highest BCUT2D eigenvalue weighted by molar-refractivity contribution is 7.99. The number of para-hydroxylation sites is 1.